The number of anilines is 1. The third-order valence-electron chi connectivity index (χ3n) is 5.09. The molecule has 4 rings (SSSR count). The molecule has 0 spiro atoms. The van der Waals surface area contributed by atoms with Gasteiger partial charge in [0.25, 0.3) is 0 Å². The lowest BCUT2D eigenvalue weighted by molar-refractivity contribution is 0.168. The fraction of sp³-hybridized carbons (Fsp3) is 0.625. The van der Waals surface area contributed by atoms with Crippen molar-refractivity contribution in [1.29, 1.82) is 0 Å². The van der Waals surface area contributed by atoms with Gasteiger partial charge in [-0.3, -0.25) is 0 Å². The van der Waals surface area contributed by atoms with Crippen molar-refractivity contribution in [3.05, 3.63) is 17.2 Å². The van der Waals surface area contributed by atoms with Crippen molar-refractivity contribution in [1.82, 2.24) is 4.90 Å². The molecule has 21 heavy (non-hydrogen) atoms. The average Bonchev–Trinajstić information content (AvgIpc) is 2.71. The molecule has 2 fully saturated rings. The number of fused-ring (bicyclic) bond motifs is 3. The first-order valence-corrected chi connectivity index (χ1v) is 8.16. The number of nitrogens with zero attached hydrogens (tertiary/aromatic N) is 1. The molecular weight excluding hydrogens is 288 g/mol. The van der Waals surface area contributed by atoms with Gasteiger partial charge >= 0.3 is 0 Å². The van der Waals surface area contributed by atoms with Crippen molar-refractivity contribution in [2.24, 2.45) is 0 Å². The summed E-state index contributed by atoms with van der Waals surface area (Å²) in [6.45, 7) is 1.20. The number of nitrogens with one attached hydrogen (secondary N) is 1. The van der Waals surface area contributed by atoms with E-state index in [9.17, 15) is 0 Å². The summed E-state index contributed by atoms with van der Waals surface area (Å²) in [7, 11) is 2.26. The molecule has 3 aliphatic heterocycles. The van der Waals surface area contributed by atoms with Crippen molar-refractivity contribution in [2.75, 3.05) is 25.6 Å². The summed E-state index contributed by atoms with van der Waals surface area (Å²) in [6, 6.07) is 5.78. The second kappa shape index (κ2) is 5.25. The van der Waals surface area contributed by atoms with Crippen LogP contribution in [0.2, 0.25) is 5.02 Å². The first kappa shape index (κ1) is 13.5. The lowest BCUT2D eigenvalue weighted by Crippen LogP contribution is -2.44. The summed E-state index contributed by atoms with van der Waals surface area (Å²) >= 11 is 6.39. The van der Waals surface area contributed by atoms with E-state index >= 15 is 0 Å². The Morgan fingerprint density at radius 2 is 1.71 bits per heavy atom. The molecular formula is C16H21ClN2O2. The molecule has 2 unspecified atom stereocenters. The van der Waals surface area contributed by atoms with Crippen LogP contribution in [0.25, 0.3) is 0 Å². The van der Waals surface area contributed by atoms with Gasteiger partial charge in [-0.1, -0.05) is 11.6 Å². The smallest absolute Gasteiger partial charge is 0.163 e. The van der Waals surface area contributed by atoms with E-state index in [1.165, 1.54) is 25.7 Å². The minimum absolute atomic E-state index is 0.499. The van der Waals surface area contributed by atoms with E-state index in [0.717, 1.165) is 29.3 Å². The lowest BCUT2D eigenvalue weighted by Gasteiger charge is -2.37. The minimum Gasteiger partial charge on any atom is -0.486 e. The Kier molecular flexibility index (Phi) is 3.38. The summed E-state index contributed by atoms with van der Waals surface area (Å²) in [4.78, 5) is 2.55. The van der Waals surface area contributed by atoms with Crippen LogP contribution in [0.5, 0.6) is 11.5 Å². The number of piperidine rings is 1. The second-order valence-electron chi connectivity index (χ2n) is 6.34. The third kappa shape index (κ3) is 2.44. The van der Waals surface area contributed by atoms with Gasteiger partial charge in [0.05, 0.1) is 10.7 Å². The standard InChI is InChI=1S/C16H21ClN2O2/c1-19-11-2-3-12(19)7-10(6-11)18-14-9-16-15(8-13(14)17)20-4-5-21-16/h8-12,18H,2-7H2,1H3. The zero-order valence-corrected chi connectivity index (χ0v) is 13.0. The predicted molar refractivity (Wildman–Crippen MR) is 83.7 cm³/mol. The maximum absolute atomic E-state index is 6.39. The number of rotatable bonds is 2. The molecule has 2 bridgehead atoms. The van der Waals surface area contributed by atoms with Crippen LogP contribution in [-0.2, 0) is 0 Å². The van der Waals surface area contributed by atoms with Crippen LogP contribution in [0, 0.1) is 0 Å². The van der Waals surface area contributed by atoms with Crippen molar-refractivity contribution in [2.45, 2.75) is 43.8 Å². The SMILES string of the molecule is CN1C2CCC1CC(Nc1cc3c(cc1Cl)OCCO3)C2. The number of hydrogen-bond acceptors (Lipinski definition) is 4. The third-order valence-corrected chi connectivity index (χ3v) is 5.40. The van der Waals surface area contributed by atoms with Gasteiger partial charge in [0, 0.05) is 30.3 Å². The highest BCUT2D eigenvalue weighted by atomic mass is 35.5. The van der Waals surface area contributed by atoms with E-state index in [0.29, 0.717) is 24.3 Å². The fourth-order valence-corrected chi connectivity index (χ4v) is 4.13. The van der Waals surface area contributed by atoms with Gasteiger partial charge in [0.2, 0.25) is 0 Å². The first-order chi connectivity index (χ1) is 10.2. The largest absolute Gasteiger partial charge is 0.486 e. The number of ether oxygens (including phenoxy) is 2. The second-order valence-corrected chi connectivity index (χ2v) is 6.75. The first-order valence-electron chi connectivity index (χ1n) is 7.78. The topological polar surface area (TPSA) is 33.7 Å². The molecule has 1 N–H and O–H groups in total. The number of hydrogen-bond donors (Lipinski definition) is 1. The van der Waals surface area contributed by atoms with Crippen molar-refractivity contribution in [3.8, 4) is 11.5 Å². The fourth-order valence-electron chi connectivity index (χ4n) is 3.92. The Bertz CT molecular complexity index is 537. The van der Waals surface area contributed by atoms with E-state index in [-0.39, 0.29) is 0 Å². The van der Waals surface area contributed by atoms with E-state index in [2.05, 4.69) is 17.3 Å². The van der Waals surface area contributed by atoms with Crippen LogP contribution < -0.4 is 14.8 Å². The highest BCUT2D eigenvalue weighted by Crippen LogP contribution is 2.40. The highest BCUT2D eigenvalue weighted by Gasteiger charge is 2.38. The monoisotopic (exact) mass is 308 g/mol. The van der Waals surface area contributed by atoms with Gasteiger partial charge in [-0.05, 0) is 32.7 Å². The summed E-state index contributed by atoms with van der Waals surface area (Å²) in [5, 5.41) is 4.34. The van der Waals surface area contributed by atoms with Crippen LogP contribution >= 0.6 is 11.6 Å². The van der Waals surface area contributed by atoms with Gasteiger partial charge in [0.15, 0.2) is 11.5 Å². The Morgan fingerprint density at radius 1 is 1.10 bits per heavy atom. The number of benzene rings is 1. The molecule has 1 aromatic rings. The predicted octanol–water partition coefficient (Wildman–Crippen LogP) is 3.15. The van der Waals surface area contributed by atoms with Gasteiger partial charge in [-0.2, -0.15) is 0 Å². The zero-order valence-electron chi connectivity index (χ0n) is 12.3. The molecule has 3 heterocycles. The van der Waals surface area contributed by atoms with Crippen LogP contribution in [0.15, 0.2) is 12.1 Å². The summed E-state index contributed by atoms with van der Waals surface area (Å²) in [5.74, 6) is 1.55. The van der Waals surface area contributed by atoms with Crippen LogP contribution in [-0.4, -0.2) is 43.3 Å². The molecule has 0 aromatic heterocycles. The lowest BCUT2D eigenvalue weighted by atomic mass is 9.97. The van der Waals surface area contributed by atoms with Crippen molar-refractivity contribution >= 4 is 17.3 Å². The van der Waals surface area contributed by atoms with Gasteiger partial charge in [0.1, 0.15) is 13.2 Å². The van der Waals surface area contributed by atoms with E-state index < -0.39 is 0 Å². The summed E-state index contributed by atoms with van der Waals surface area (Å²) in [6.07, 6.45) is 5.04. The summed E-state index contributed by atoms with van der Waals surface area (Å²) in [5.41, 5.74) is 0.967. The van der Waals surface area contributed by atoms with Crippen molar-refractivity contribution < 1.29 is 9.47 Å². The van der Waals surface area contributed by atoms with Crippen molar-refractivity contribution in [3.63, 3.8) is 0 Å². The molecule has 2 atom stereocenters. The normalized spacial score (nSPS) is 31.2. The molecule has 114 valence electrons. The molecule has 0 aliphatic carbocycles. The average molecular weight is 309 g/mol. The molecule has 4 nitrogen and oxygen atoms in total. The van der Waals surface area contributed by atoms with E-state index in [4.69, 9.17) is 21.1 Å². The van der Waals surface area contributed by atoms with Gasteiger partial charge in [-0.25, -0.2) is 0 Å². The quantitative estimate of drug-likeness (QED) is 0.910. The molecule has 0 saturated carbocycles. The Labute approximate surface area is 130 Å². The molecule has 5 heteroatoms. The zero-order chi connectivity index (χ0) is 14.4. The maximum Gasteiger partial charge on any atom is 0.163 e. The molecule has 2 saturated heterocycles. The molecule has 3 aliphatic rings. The Morgan fingerprint density at radius 3 is 2.38 bits per heavy atom. The van der Waals surface area contributed by atoms with Crippen LogP contribution in [0.3, 0.4) is 0 Å². The Balaban J connectivity index is 1.52. The van der Waals surface area contributed by atoms with Gasteiger partial charge < -0.3 is 19.7 Å². The van der Waals surface area contributed by atoms with Crippen LogP contribution in [0.1, 0.15) is 25.7 Å². The molecule has 1 aromatic carbocycles. The summed E-state index contributed by atoms with van der Waals surface area (Å²) < 4.78 is 11.2. The number of halogens is 1. The highest BCUT2D eigenvalue weighted by molar-refractivity contribution is 6.33. The Hall–Kier alpha value is -1.13. The van der Waals surface area contributed by atoms with E-state index in [1.807, 2.05) is 12.1 Å². The van der Waals surface area contributed by atoms with E-state index in [1.54, 1.807) is 0 Å². The maximum atomic E-state index is 6.39. The van der Waals surface area contributed by atoms with Crippen LogP contribution in [0.4, 0.5) is 5.69 Å². The molecule has 0 amide bonds. The molecule has 0 radical (unpaired) electrons. The minimum atomic E-state index is 0.499. The van der Waals surface area contributed by atoms with Gasteiger partial charge in [-0.15, -0.1) is 0 Å².